The van der Waals surface area contributed by atoms with E-state index in [0.717, 1.165) is 25.4 Å². The van der Waals surface area contributed by atoms with Gasteiger partial charge in [0, 0.05) is 13.1 Å². The predicted octanol–water partition coefficient (Wildman–Crippen LogP) is 2.27. The Morgan fingerprint density at radius 2 is 2.21 bits per heavy atom. The molecule has 84 valence electrons. The average Bonchev–Trinajstić information content (AvgIpc) is 2.52. The molecule has 0 aromatic carbocycles. The van der Waals surface area contributed by atoms with Gasteiger partial charge in [-0.25, -0.2) is 0 Å². The maximum Gasteiger partial charge on any atom is 0.0679 e. The molecule has 14 heavy (non-hydrogen) atoms. The molecule has 2 nitrogen and oxygen atoms in total. The van der Waals surface area contributed by atoms with Gasteiger partial charge in [0.15, 0.2) is 0 Å². The van der Waals surface area contributed by atoms with Gasteiger partial charge >= 0.3 is 0 Å². The molecule has 1 aliphatic rings. The number of nitrogens with zero attached hydrogens (tertiary/aromatic N) is 1. The van der Waals surface area contributed by atoms with Crippen molar-refractivity contribution in [1.82, 2.24) is 4.90 Å². The van der Waals surface area contributed by atoms with Crippen molar-refractivity contribution in [1.29, 1.82) is 0 Å². The molecule has 2 atom stereocenters. The van der Waals surface area contributed by atoms with E-state index in [1.54, 1.807) is 0 Å². The lowest BCUT2D eigenvalue weighted by Gasteiger charge is -2.16. The Kier molecular flexibility index (Phi) is 5.49. The lowest BCUT2D eigenvalue weighted by Crippen LogP contribution is -2.23. The third-order valence-electron chi connectivity index (χ3n) is 3.20. The second-order valence-electron chi connectivity index (χ2n) is 4.78. The normalized spacial score (nSPS) is 25.5. The van der Waals surface area contributed by atoms with E-state index in [9.17, 15) is 5.11 Å². The molecule has 2 heteroatoms. The zero-order valence-corrected chi connectivity index (χ0v) is 9.71. The molecule has 1 rings (SSSR count). The summed E-state index contributed by atoms with van der Waals surface area (Å²) < 4.78 is 0. The smallest absolute Gasteiger partial charge is 0.0679 e. The number of rotatable bonds is 6. The molecule has 0 aliphatic carbocycles. The van der Waals surface area contributed by atoms with Crippen molar-refractivity contribution in [2.45, 2.75) is 52.1 Å². The Morgan fingerprint density at radius 3 is 2.79 bits per heavy atom. The number of β-amino-alcohol motifs (C(OH)–C–C–N with tert-alkyl or cyclic N) is 1. The van der Waals surface area contributed by atoms with Gasteiger partial charge in [-0.15, -0.1) is 0 Å². The first-order chi connectivity index (χ1) is 6.72. The average molecular weight is 199 g/mol. The van der Waals surface area contributed by atoms with Gasteiger partial charge in [0.25, 0.3) is 0 Å². The lowest BCUT2D eigenvalue weighted by atomic mass is 10.0. The van der Waals surface area contributed by atoms with Crippen LogP contribution in [0.1, 0.15) is 46.0 Å². The van der Waals surface area contributed by atoms with Gasteiger partial charge in [0.05, 0.1) is 6.10 Å². The number of hydrogen-bond donors (Lipinski definition) is 1. The van der Waals surface area contributed by atoms with E-state index in [2.05, 4.69) is 18.7 Å². The zero-order valence-electron chi connectivity index (χ0n) is 9.71. The fourth-order valence-electron chi connectivity index (χ4n) is 2.32. The van der Waals surface area contributed by atoms with Gasteiger partial charge in [0.2, 0.25) is 0 Å². The summed E-state index contributed by atoms with van der Waals surface area (Å²) in [4.78, 5) is 2.39. The summed E-state index contributed by atoms with van der Waals surface area (Å²) in [6.45, 7) is 7.80. The first-order valence-electron chi connectivity index (χ1n) is 6.12. The largest absolute Gasteiger partial charge is 0.392 e. The van der Waals surface area contributed by atoms with Gasteiger partial charge in [-0.3, -0.25) is 0 Å². The quantitative estimate of drug-likeness (QED) is 0.709. The van der Waals surface area contributed by atoms with Crippen LogP contribution in [0.4, 0.5) is 0 Å². The Morgan fingerprint density at radius 1 is 1.43 bits per heavy atom. The fourth-order valence-corrected chi connectivity index (χ4v) is 2.32. The summed E-state index contributed by atoms with van der Waals surface area (Å²) in [5, 5.41) is 9.35. The summed E-state index contributed by atoms with van der Waals surface area (Å²) in [6.07, 6.45) is 6.24. The van der Waals surface area contributed by atoms with Crippen LogP contribution in [0.3, 0.4) is 0 Å². The number of hydrogen-bond acceptors (Lipinski definition) is 2. The topological polar surface area (TPSA) is 23.5 Å². The highest BCUT2D eigenvalue weighted by molar-refractivity contribution is 4.74. The molecule has 1 saturated heterocycles. The highest BCUT2D eigenvalue weighted by Gasteiger charge is 2.19. The van der Waals surface area contributed by atoms with E-state index < -0.39 is 0 Å². The molecule has 0 amide bonds. The van der Waals surface area contributed by atoms with E-state index >= 15 is 0 Å². The second-order valence-corrected chi connectivity index (χ2v) is 4.78. The van der Waals surface area contributed by atoms with Crippen molar-refractivity contribution >= 4 is 0 Å². The summed E-state index contributed by atoms with van der Waals surface area (Å²) in [5.74, 6) is 0.882. The molecule has 1 N–H and O–H groups in total. The van der Waals surface area contributed by atoms with Crippen LogP contribution in [-0.4, -0.2) is 35.7 Å². The molecule has 0 radical (unpaired) electrons. The van der Waals surface area contributed by atoms with Gasteiger partial charge < -0.3 is 10.0 Å². The van der Waals surface area contributed by atoms with E-state index in [-0.39, 0.29) is 6.10 Å². The van der Waals surface area contributed by atoms with Crippen molar-refractivity contribution in [3.05, 3.63) is 0 Å². The predicted molar refractivity (Wildman–Crippen MR) is 60.4 cm³/mol. The molecule has 0 aromatic rings. The van der Waals surface area contributed by atoms with E-state index in [4.69, 9.17) is 0 Å². The molecule has 0 aromatic heterocycles. The van der Waals surface area contributed by atoms with E-state index in [1.807, 2.05) is 0 Å². The summed E-state index contributed by atoms with van der Waals surface area (Å²) >= 11 is 0. The summed E-state index contributed by atoms with van der Waals surface area (Å²) in [6, 6.07) is 0. The molecule has 1 fully saturated rings. The molecule has 0 bridgehead atoms. The molecular formula is C12H25NO. The van der Waals surface area contributed by atoms with Crippen LogP contribution in [-0.2, 0) is 0 Å². The van der Waals surface area contributed by atoms with Gasteiger partial charge in [0.1, 0.15) is 0 Å². The van der Waals surface area contributed by atoms with Crippen LogP contribution >= 0.6 is 0 Å². The number of aliphatic hydroxyl groups excluding tert-OH is 1. The second kappa shape index (κ2) is 6.41. The minimum absolute atomic E-state index is 0.0527. The highest BCUT2D eigenvalue weighted by atomic mass is 16.3. The summed E-state index contributed by atoms with van der Waals surface area (Å²) in [5.41, 5.74) is 0. The van der Waals surface area contributed by atoms with Crippen LogP contribution in [0.5, 0.6) is 0 Å². The maximum absolute atomic E-state index is 9.35. The minimum atomic E-state index is -0.0527. The maximum atomic E-state index is 9.35. The Hall–Kier alpha value is -0.0800. The van der Waals surface area contributed by atoms with Crippen molar-refractivity contribution < 1.29 is 5.11 Å². The highest BCUT2D eigenvalue weighted by Crippen LogP contribution is 2.14. The molecule has 0 spiro atoms. The standard InChI is InChI=1S/C12H25NO/c1-3-5-11(2)6-4-8-13-9-7-12(14)10-13/h11-12,14H,3-10H2,1-2H3/t11?,12-/m0/s1. The molecular weight excluding hydrogens is 174 g/mol. The van der Waals surface area contributed by atoms with Crippen LogP contribution in [0, 0.1) is 5.92 Å². The lowest BCUT2D eigenvalue weighted by molar-refractivity contribution is 0.175. The number of likely N-dealkylation sites (tertiary alicyclic amines) is 1. The van der Waals surface area contributed by atoms with Gasteiger partial charge in [-0.1, -0.05) is 26.7 Å². The molecule has 1 aliphatic heterocycles. The SMILES string of the molecule is CCCC(C)CCCN1CC[C@H](O)C1. The van der Waals surface area contributed by atoms with Crippen molar-refractivity contribution in [2.24, 2.45) is 5.92 Å². The Labute approximate surface area is 88.3 Å². The molecule has 0 saturated carbocycles. The Bertz CT molecular complexity index is 149. The van der Waals surface area contributed by atoms with E-state index in [0.29, 0.717) is 0 Å². The van der Waals surface area contributed by atoms with Gasteiger partial charge in [-0.05, 0) is 31.7 Å². The first kappa shape index (κ1) is 12.0. The van der Waals surface area contributed by atoms with Crippen LogP contribution in [0.15, 0.2) is 0 Å². The molecule has 1 unspecified atom stereocenters. The van der Waals surface area contributed by atoms with Gasteiger partial charge in [-0.2, -0.15) is 0 Å². The van der Waals surface area contributed by atoms with Crippen LogP contribution < -0.4 is 0 Å². The number of aliphatic hydroxyl groups is 1. The van der Waals surface area contributed by atoms with Crippen LogP contribution in [0.2, 0.25) is 0 Å². The fraction of sp³-hybridized carbons (Fsp3) is 1.00. The van der Waals surface area contributed by atoms with Crippen LogP contribution in [0.25, 0.3) is 0 Å². The monoisotopic (exact) mass is 199 g/mol. The first-order valence-corrected chi connectivity index (χ1v) is 6.12. The summed E-state index contributed by atoms with van der Waals surface area (Å²) in [7, 11) is 0. The van der Waals surface area contributed by atoms with Crippen molar-refractivity contribution in [2.75, 3.05) is 19.6 Å². The zero-order chi connectivity index (χ0) is 10.4. The van der Waals surface area contributed by atoms with Crippen molar-refractivity contribution in [3.8, 4) is 0 Å². The minimum Gasteiger partial charge on any atom is -0.392 e. The third kappa shape index (κ3) is 4.43. The Balaban J connectivity index is 1.98. The third-order valence-corrected chi connectivity index (χ3v) is 3.20. The molecule has 1 heterocycles. The van der Waals surface area contributed by atoms with Crippen molar-refractivity contribution in [3.63, 3.8) is 0 Å². The van der Waals surface area contributed by atoms with E-state index in [1.165, 1.54) is 32.2 Å².